The molecule has 14 heteroatoms. The van der Waals surface area contributed by atoms with Crippen LogP contribution < -0.4 is 15.3 Å². The molecule has 1 saturated carbocycles. The van der Waals surface area contributed by atoms with Crippen LogP contribution in [0.5, 0.6) is 5.75 Å². The fourth-order valence-electron chi connectivity index (χ4n) is 3.88. The van der Waals surface area contributed by atoms with Crippen molar-refractivity contribution in [1.82, 2.24) is 24.6 Å². The van der Waals surface area contributed by atoms with E-state index in [1.807, 2.05) is 16.7 Å². The molecule has 0 bridgehead atoms. The zero-order valence-electron chi connectivity index (χ0n) is 19.8. The van der Waals surface area contributed by atoms with Gasteiger partial charge in [0.1, 0.15) is 23.4 Å². The number of carbonyl (C=O) groups excluding carboxylic acids is 1. The summed E-state index contributed by atoms with van der Waals surface area (Å²) in [6.07, 6.45) is 7.78. The van der Waals surface area contributed by atoms with Gasteiger partial charge in [-0.25, -0.2) is 9.55 Å². The molecule has 2 heterocycles. The molecular formula is C23H25Cl2N6O5P. The number of allylic oxidation sites excluding steroid dienone is 1. The summed E-state index contributed by atoms with van der Waals surface area (Å²) < 4.78 is 32.4. The van der Waals surface area contributed by atoms with Gasteiger partial charge in [-0.2, -0.15) is 15.1 Å². The van der Waals surface area contributed by atoms with Gasteiger partial charge in [0, 0.05) is 10.9 Å². The number of rotatable bonds is 10. The summed E-state index contributed by atoms with van der Waals surface area (Å²) in [6.45, 7) is 1.63. The molecule has 0 spiro atoms. The third-order valence-electron chi connectivity index (χ3n) is 5.91. The van der Waals surface area contributed by atoms with E-state index >= 15 is 0 Å². The maximum atomic E-state index is 13.7. The summed E-state index contributed by atoms with van der Waals surface area (Å²) in [6, 6.07) is 5.35. The number of esters is 1. The van der Waals surface area contributed by atoms with Crippen LogP contribution >= 0.6 is 30.9 Å². The average Bonchev–Trinajstić information content (AvgIpc) is 3.36. The van der Waals surface area contributed by atoms with Gasteiger partial charge in [-0.1, -0.05) is 35.4 Å². The SMILES string of the molecule is C[C@H](NP(=O)(OC[C@@H]1C=C[C@H](n2cnc3c(Cl)nc(N)nc32)C1)Oc1ccc(Cl)cc1)C(=O)OC1CC1. The second kappa shape index (κ2) is 10.6. The van der Waals surface area contributed by atoms with Crippen molar-refractivity contribution >= 4 is 54.0 Å². The Bertz CT molecular complexity index is 1380. The van der Waals surface area contributed by atoms with Crippen LogP contribution in [0.1, 0.15) is 32.2 Å². The van der Waals surface area contributed by atoms with Gasteiger partial charge >= 0.3 is 13.7 Å². The Kier molecular flexibility index (Phi) is 7.42. The summed E-state index contributed by atoms with van der Waals surface area (Å²) in [7, 11) is -3.98. The number of benzene rings is 1. The minimum Gasteiger partial charge on any atom is -0.461 e. The van der Waals surface area contributed by atoms with Crippen molar-refractivity contribution in [2.24, 2.45) is 5.92 Å². The predicted molar refractivity (Wildman–Crippen MR) is 138 cm³/mol. The van der Waals surface area contributed by atoms with Crippen molar-refractivity contribution < 1.29 is 23.1 Å². The van der Waals surface area contributed by atoms with Gasteiger partial charge in [-0.15, -0.1) is 0 Å². The van der Waals surface area contributed by atoms with E-state index < -0.39 is 19.8 Å². The van der Waals surface area contributed by atoms with Crippen LogP contribution in [0.25, 0.3) is 11.2 Å². The molecule has 2 aromatic heterocycles. The molecule has 1 fully saturated rings. The molecule has 1 aromatic carbocycles. The van der Waals surface area contributed by atoms with Crippen LogP contribution in [-0.2, 0) is 18.6 Å². The molecule has 4 atom stereocenters. The van der Waals surface area contributed by atoms with E-state index in [-0.39, 0.29) is 41.5 Å². The molecule has 37 heavy (non-hydrogen) atoms. The maximum Gasteiger partial charge on any atom is 0.459 e. The van der Waals surface area contributed by atoms with Crippen molar-refractivity contribution in [3.63, 3.8) is 0 Å². The number of nitrogens with one attached hydrogen (secondary N) is 1. The second-order valence-electron chi connectivity index (χ2n) is 8.97. The maximum absolute atomic E-state index is 13.7. The second-order valence-corrected chi connectivity index (χ2v) is 11.5. The fraction of sp³-hybridized carbons (Fsp3) is 0.391. The van der Waals surface area contributed by atoms with E-state index in [0.29, 0.717) is 22.6 Å². The lowest BCUT2D eigenvalue weighted by Gasteiger charge is -2.24. The predicted octanol–water partition coefficient (Wildman–Crippen LogP) is 4.72. The minimum atomic E-state index is -3.98. The van der Waals surface area contributed by atoms with Crippen LogP contribution in [0.15, 0.2) is 42.7 Å². The molecule has 3 aromatic rings. The van der Waals surface area contributed by atoms with Crippen molar-refractivity contribution in [3.05, 3.63) is 52.9 Å². The molecule has 0 amide bonds. The Morgan fingerprint density at radius 1 is 1.24 bits per heavy atom. The quantitative estimate of drug-likeness (QED) is 0.153. The zero-order valence-corrected chi connectivity index (χ0v) is 22.2. The number of imidazole rings is 1. The summed E-state index contributed by atoms with van der Waals surface area (Å²) >= 11 is 12.1. The minimum absolute atomic E-state index is 0.0572. The molecule has 1 unspecified atom stereocenters. The number of halogens is 2. The number of hydrogen-bond acceptors (Lipinski definition) is 9. The van der Waals surface area contributed by atoms with Crippen LogP contribution in [0, 0.1) is 5.92 Å². The molecule has 2 aliphatic rings. The number of aromatic nitrogens is 4. The zero-order chi connectivity index (χ0) is 26.2. The number of fused-ring (bicyclic) bond motifs is 1. The number of nitrogens with two attached hydrogens (primary N) is 1. The molecule has 0 radical (unpaired) electrons. The Hall–Kier alpha value is -2.69. The molecule has 3 N–H and O–H groups in total. The van der Waals surface area contributed by atoms with E-state index in [2.05, 4.69) is 20.0 Å². The summed E-state index contributed by atoms with van der Waals surface area (Å²) in [4.78, 5) is 24.9. The normalized spacial score (nSPS) is 21.6. The van der Waals surface area contributed by atoms with E-state index in [1.165, 1.54) is 0 Å². The lowest BCUT2D eigenvalue weighted by molar-refractivity contribution is -0.146. The van der Waals surface area contributed by atoms with Gasteiger partial charge in [0.15, 0.2) is 10.8 Å². The van der Waals surface area contributed by atoms with Crippen LogP contribution in [-0.4, -0.2) is 44.2 Å². The van der Waals surface area contributed by atoms with Crippen molar-refractivity contribution in [2.75, 3.05) is 12.3 Å². The Balaban J connectivity index is 1.26. The Labute approximate surface area is 222 Å². The number of nitrogen functional groups attached to an aromatic ring is 1. The molecule has 0 aliphatic heterocycles. The molecular weight excluding hydrogens is 542 g/mol. The molecule has 2 aliphatic carbocycles. The molecule has 5 rings (SSSR count). The summed E-state index contributed by atoms with van der Waals surface area (Å²) in [5.41, 5.74) is 6.74. The first-order valence-corrected chi connectivity index (χ1v) is 14.0. The van der Waals surface area contributed by atoms with Crippen molar-refractivity contribution in [2.45, 2.75) is 44.4 Å². The van der Waals surface area contributed by atoms with Gasteiger partial charge in [0.05, 0.1) is 19.0 Å². The van der Waals surface area contributed by atoms with E-state index in [4.69, 9.17) is 42.7 Å². The highest BCUT2D eigenvalue weighted by molar-refractivity contribution is 7.52. The summed E-state index contributed by atoms with van der Waals surface area (Å²) in [5, 5.41) is 3.39. The number of hydrogen-bond donors (Lipinski definition) is 2. The highest BCUT2D eigenvalue weighted by Gasteiger charge is 2.36. The molecule has 196 valence electrons. The smallest absolute Gasteiger partial charge is 0.459 e. The third-order valence-corrected chi connectivity index (χ3v) is 8.07. The van der Waals surface area contributed by atoms with Gasteiger partial charge in [-0.05, 0) is 50.5 Å². The number of anilines is 1. The number of nitrogens with zero attached hydrogens (tertiary/aromatic N) is 4. The highest BCUT2D eigenvalue weighted by atomic mass is 35.5. The Morgan fingerprint density at radius 2 is 2.00 bits per heavy atom. The molecule has 0 saturated heterocycles. The monoisotopic (exact) mass is 566 g/mol. The lowest BCUT2D eigenvalue weighted by atomic mass is 10.1. The van der Waals surface area contributed by atoms with Crippen molar-refractivity contribution in [1.29, 1.82) is 0 Å². The van der Waals surface area contributed by atoms with Crippen LogP contribution in [0.2, 0.25) is 10.2 Å². The van der Waals surface area contributed by atoms with Crippen molar-refractivity contribution in [3.8, 4) is 5.75 Å². The third kappa shape index (κ3) is 6.25. The summed E-state index contributed by atoms with van der Waals surface area (Å²) in [5.74, 6) is -0.280. The highest BCUT2D eigenvalue weighted by Crippen LogP contribution is 2.46. The van der Waals surface area contributed by atoms with Gasteiger partial charge in [-0.3, -0.25) is 9.32 Å². The Morgan fingerprint density at radius 3 is 2.73 bits per heavy atom. The van der Waals surface area contributed by atoms with Gasteiger partial charge in [0.2, 0.25) is 5.95 Å². The average molecular weight is 567 g/mol. The standard InChI is InChI=1S/C23H25Cl2N6O5P/c1-13(22(32)35-17-8-9-17)30-37(33,36-18-6-3-15(24)4-7-18)34-11-14-2-5-16(10-14)31-12-27-19-20(25)28-23(26)29-21(19)31/h2-7,12-14,16-17H,8-11H2,1H3,(H,30,33)(H2,26,28,29)/t13-,14+,16-,37?/m0/s1. The van der Waals surface area contributed by atoms with E-state index in [0.717, 1.165) is 12.8 Å². The first-order chi connectivity index (χ1) is 17.7. The topological polar surface area (TPSA) is 143 Å². The van der Waals surface area contributed by atoms with Gasteiger partial charge < -0.3 is 19.6 Å². The van der Waals surface area contributed by atoms with E-state index in [9.17, 15) is 9.36 Å². The largest absolute Gasteiger partial charge is 0.461 e. The van der Waals surface area contributed by atoms with E-state index in [1.54, 1.807) is 37.5 Å². The lowest BCUT2D eigenvalue weighted by Crippen LogP contribution is -2.35. The fourth-order valence-corrected chi connectivity index (χ4v) is 5.78. The van der Waals surface area contributed by atoms with Crippen LogP contribution in [0.3, 0.4) is 0 Å². The molecule has 11 nitrogen and oxygen atoms in total. The van der Waals surface area contributed by atoms with Crippen LogP contribution in [0.4, 0.5) is 5.95 Å². The number of carbonyl (C=O) groups is 1. The number of ether oxygens (including phenoxy) is 1. The first-order valence-electron chi connectivity index (χ1n) is 11.7. The van der Waals surface area contributed by atoms with Gasteiger partial charge in [0.25, 0.3) is 0 Å². The first kappa shape index (κ1) is 25.9.